The first kappa shape index (κ1) is 23.5. The van der Waals surface area contributed by atoms with Gasteiger partial charge >= 0.3 is 6.09 Å². The fraction of sp³-hybridized carbons (Fsp3) is 0.346. The van der Waals surface area contributed by atoms with Crippen LogP contribution >= 0.6 is 11.3 Å². The maximum atomic E-state index is 13.9. The molecule has 37 heavy (non-hydrogen) atoms. The summed E-state index contributed by atoms with van der Waals surface area (Å²) in [6, 6.07) is 11.0. The molecule has 2 amide bonds. The molecule has 2 aromatic carbocycles. The highest BCUT2D eigenvalue weighted by Gasteiger charge is 2.49. The minimum Gasteiger partial charge on any atom is -0.486 e. The monoisotopic (exact) mass is 524 g/mol. The Hall–Kier alpha value is -3.86. The second kappa shape index (κ2) is 9.55. The number of nitrogens with two attached hydrogens (primary N) is 1. The highest BCUT2D eigenvalue weighted by molar-refractivity contribution is 7.19. The van der Waals surface area contributed by atoms with E-state index in [1.807, 2.05) is 4.90 Å². The van der Waals surface area contributed by atoms with Gasteiger partial charge in [0.15, 0.2) is 16.6 Å². The Morgan fingerprint density at radius 1 is 1.19 bits per heavy atom. The lowest BCUT2D eigenvalue weighted by atomic mass is 9.98. The van der Waals surface area contributed by atoms with E-state index in [9.17, 15) is 14.0 Å². The zero-order chi connectivity index (χ0) is 25.5. The van der Waals surface area contributed by atoms with Gasteiger partial charge in [-0.1, -0.05) is 29.5 Å². The number of carbonyl (C=O) groups excluding carboxylic acids is 2. The van der Waals surface area contributed by atoms with Crippen molar-refractivity contribution in [1.29, 1.82) is 0 Å². The molecular formula is C26H25FN4O5S. The molecule has 3 atom stereocenters. The average Bonchev–Trinajstić information content (AvgIpc) is 3.62. The molecule has 6 rings (SSSR count). The number of hydrogen-bond donors (Lipinski definition) is 2. The third-order valence-corrected chi connectivity index (χ3v) is 8.03. The predicted molar refractivity (Wildman–Crippen MR) is 134 cm³/mol. The van der Waals surface area contributed by atoms with E-state index in [4.69, 9.17) is 19.9 Å². The number of amides is 2. The minimum atomic E-state index is -0.643. The molecule has 1 aromatic heterocycles. The molecule has 192 valence electrons. The summed E-state index contributed by atoms with van der Waals surface area (Å²) in [6.07, 6.45) is 2.08. The number of nitrogen functional groups attached to an aromatic ring is 1. The Bertz CT molecular complexity index is 1360. The van der Waals surface area contributed by atoms with Gasteiger partial charge in [0.1, 0.15) is 24.7 Å². The number of benzene rings is 2. The molecule has 2 bridgehead atoms. The molecule has 1 aliphatic carbocycles. The standard InChI is InChI=1S/C26H25FN4O5S/c27-16-4-1-3-15(11-16)23-21(30-25(28)37-23)24(32)31-17-8-7-14(12-17)18(31)13-29-26(33)36-20-6-2-5-19-22(20)35-10-9-34-19/h1-6,11,14,17-18H,7-10,12-13H2,(H2,28,30)(H,29,33)/t14-,17+,18+/m0/s1. The van der Waals surface area contributed by atoms with Crippen LogP contribution in [0, 0.1) is 11.7 Å². The van der Waals surface area contributed by atoms with E-state index in [0.717, 1.165) is 30.6 Å². The molecule has 11 heteroatoms. The number of aromatic nitrogens is 1. The summed E-state index contributed by atoms with van der Waals surface area (Å²) in [5, 5.41) is 3.06. The smallest absolute Gasteiger partial charge is 0.412 e. The first-order valence-electron chi connectivity index (χ1n) is 12.2. The quantitative estimate of drug-likeness (QED) is 0.517. The van der Waals surface area contributed by atoms with Crippen molar-refractivity contribution in [1.82, 2.24) is 15.2 Å². The average molecular weight is 525 g/mol. The third-order valence-electron chi connectivity index (χ3n) is 7.10. The van der Waals surface area contributed by atoms with E-state index in [0.29, 0.717) is 35.2 Å². The lowest BCUT2D eigenvalue weighted by molar-refractivity contribution is 0.0586. The first-order chi connectivity index (χ1) is 18.0. The normalized spacial score (nSPS) is 21.6. The topological polar surface area (TPSA) is 116 Å². The van der Waals surface area contributed by atoms with Crippen molar-refractivity contribution in [2.24, 2.45) is 5.92 Å². The number of rotatable bonds is 5. The number of nitrogens with zero attached hydrogens (tertiary/aromatic N) is 2. The van der Waals surface area contributed by atoms with Crippen LogP contribution in [-0.4, -0.2) is 53.7 Å². The molecule has 0 unspecified atom stereocenters. The number of anilines is 1. The van der Waals surface area contributed by atoms with Crippen LogP contribution in [0.4, 0.5) is 14.3 Å². The number of piperidine rings is 1. The maximum absolute atomic E-state index is 13.9. The Morgan fingerprint density at radius 2 is 2.03 bits per heavy atom. The van der Waals surface area contributed by atoms with Crippen molar-refractivity contribution in [2.75, 3.05) is 25.5 Å². The lowest BCUT2D eigenvalue weighted by Gasteiger charge is -2.35. The molecule has 9 nitrogen and oxygen atoms in total. The van der Waals surface area contributed by atoms with Gasteiger partial charge in [-0.3, -0.25) is 4.79 Å². The van der Waals surface area contributed by atoms with Crippen LogP contribution in [0.3, 0.4) is 0 Å². The second-order valence-corrected chi connectivity index (χ2v) is 10.3. The highest BCUT2D eigenvalue weighted by atomic mass is 32.1. The first-order valence-corrected chi connectivity index (χ1v) is 13.0. The van der Waals surface area contributed by atoms with Crippen molar-refractivity contribution in [3.05, 3.63) is 54.0 Å². The zero-order valence-corrected chi connectivity index (χ0v) is 20.6. The van der Waals surface area contributed by atoms with Crippen LogP contribution < -0.4 is 25.3 Å². The molecule has 3 N–H and O–H groups in total. The summed E-state index contributed by atoms with van der Waals surface area (Å²) in [6.45, 7) is 1.03. The number of ether oxygens (including phenoxy) is 3. The van der Waals surface area contributed by atoms with Gasteiger partial charge in [-0.2, -0.15) is 0 Å². The fourth-order valence-electron chi connectivity index (χ4n) is 5.55. The second-order valence-electron chi connectivity index (χ2n) is 9.30. The van der Waals surface area contributed by atoms with E-state index in [1.165, 1.54) is 12.1 Å². The number of para-hydroxylation sites is 1. The summed E-state index contributed by atoms with van der Waals surface area (Å²) < 4.78 is 30.5. The fourth-order valence-corrected chi connectivity index (χ4v) is 6.37. The number of likely N-dealkylation sites (tertiary alicyclic amines) is 1. The van der Waals surface area contributed by atoms with E-state index in [2.05, 4.69) is 10.3 Å². The van der Waals surface area contributed by atoms with Crippen LogP contribution in [0.25, 0.3) is 10.4 Å². The molecule has 1 saturated heterocycles. The van der Waals surface area contributed by atoms with E-state index < -0.39 is 11.9 Å². The molecule has 0 radical (unpaired) electrons. The van der Waals surface area contributed by atoms with Gasteiger partial charge < -0.3 is 30.2 Å². The molecule has 1 saturated carbocycles. The number of nitrogens with one attached hydrogen (secondary N) is 1. The molecule has 2 aliphatic heterocycles. The third kappa shape index (κ3) is 4.43. The summed E-state index contributed by atoms with van der Waals surface area (Å²) in [4.78, 5) is 33.1. The lowest BCUT2D eigenvalue weighted by Crippen LogP contribution is -2.50. The molecule has 2 fully saturated rings. The zero-order valence-electron chi connectivity index (χ0n) is 19.8. The molecular weight excluding hydrogens is 499 g/mol. The van der Waals surface area contributed by atoms with Gasteiger partial charge in [-0.25, -0.2) is 14.2 Å². The summed E-state index contributed by atoms with van der Waals surface area (Å²) in [7, 11) is 0. The molecule has 3 aliphatic rings. The number of hydrogen-bond acceptors (Lipinski definition) is 8. The van der Waals surface area contributed by atoms with E-state index in [1.54, 1.807) is 30.3 Å². The Kier molecular flexibility index (Phi) is 6.07. The molecule has 0 spiro atoms. The summed E-state index contributed by atoms with van der Waals surface area (Å²) in [5.74, 6) is 0.782. The van der Waals surface area contributed by atoms with Crippen molar-refractivity contribution in [3.63, 3.8) is 0 Å². The van der Waals surface area contributed by atoms with Crippen LogP contribution in [0.2, 0.25) is 0 Å². The van der Waals surface area contributed by atoms with E-state index >= 15 is 0 Å². The Labute approximate surface area is 216 Å². The van der Waals surface area contributed by atoms with Gasteiger partial charge in [0.2, 0.25) is 5.75 Å². The molecule has 3 heterocycles. The van der Waals surface area contributed by atoms with Crippen molar-refractivity contribution < 1.29 is 28.2 Å². The summed E-state index contributed by atoms with van der Waals surface area (Å²) >= 11 is 1.16. The van der Waals surface area contributed by atoms with Crippen molar-refractivity contribution >= 4 is 28.5 Å². The largest absolute Gasteiger partial charge is 0.486 e. The highest BCUT2D eigenvalue weighted by Crippen LogP contribution is 2.44. The van der Waals surface area contributed by atoms with Gasteiger partial charge in [0.05, 0.1) is 10.9 Å². The van der Waals surface area contributed by atoms with Gasteiger partial charge in [-0.15, -0.1) is 0 Å². The Morgan fingerprint density at radius 3 is 2.89 bits per heavy atom. The number of fused-ring (bicyclic) bond motifs is 3. The van der Waals surface area contributed by atoms with Crippen molar-refractivity contribution in [3.8, 4) is 27.7 Å². The Balaban J connectivity index is 1.19. The summed E-state index contributed by atoms with van der Waals surface area (Å²) in [5.41, 5.74) is 6.74. The van der Waals surface area contributed by atoms with Crippen LogP contribution in [0.5, 0.6) is 17.2 Å². The SMILES string of the molecule is Nc1nc(C(=O)N2[C@@H]3CC[C@@H](C3)[C@H]2CNC(=O)Oc2cccc3c2OCCO3)c(-c2cccc(F)c2)s1. The number of thiazole rings is 1. The van der Waals surface area contributed by atoms with E-state index in [-0.39, 0.29) is 47.0 Å². The van der Waals surface area contributed by atoms with Crippen LogP contribution in [0.15, 0.2) is 42.5 Å². The van der Waals surface area contributed by atoms with Crippen LogP contribution in [-0.2, 0) is 0 Å². The van der Waals surface area contributed by atoms with Gasteiger partial charge in [-0.05, 0) is 55.0 Å². The minimum absolute atomic E-state index is 0.0512. The maximum Gasteiger partial charge on any atom is 0.412 e. The molecule has 3 aromatic rings. The van der Waals surface area contributed by atoms with Gasteiger partial charge in [0, 0.05) is 12.6 Å². The van der Waals surface area contributed by atoms with Gasteiger partial charge in [0.25, 0.3) is 5.91 Å². The van der Waals surface area contributed by atoms with Crippen molar-refractivity contribution in [2.45, 2.75) is 31.3 Å². The number of halogens is 1. The predicted octanol–water partition coefficient (Wildman–Crippen LogP) is 4.08. The van der Waals surface area contributed by atoms with Crippen LogP contribution in [0.1, 0.15) is 29.8 Å². The number of carbonyl (C=O) groups is 2.